The largest absolute Gasteiger partial charge is 0.376 e. The molecule has 1 heterocycles. The Bertz CT molecular complexity index is 629. The molecule has 0 aromatic heterocycles. The van der Waals surface area contributed by atoms with Gasteiger partial charge in [0.25, 0.3) is 5.91 Å². The quantitative estimate of drug-likeness (QED) is 0.775. The van der Waals surface area contributed by atoms with Gasteiger partial charge in [0.1, 0.15) is 0 Å². The molecule has 0 bridgehead atoms. The SMILES string of the molecule is CCN(C[C@H]1CCCO1)C(=O)/C=C\c1ccc(C(=O)NC2CC2)cc1. The van der Waals surface area contributed by atoms with Crippen LogP contribution in [0.3, 0.4) is 0 Å². The zero-order valence-corrected chi connectivity index (χ0v) is 14.7. The molecule has 3 rings (SSSR count). The lowest BCUT2D eigenvalue weighted by Crippen LogP contribution is -2.36. The van der Waals surface area contributed by atoms with Crippen LogP contribution in [0.25, 0.3) is 6.08 Å². The van der Waals surface area contributed by atoms with E-state index in [1.165, 1.54) is 0 Å². The predicted molar refractivity (Wildman–Crippen MR) is 97.2 cm³/mol. The first-order chi connectivity index (χ1) is 12.2. The van der Waals surface area contributed by atoms with Gasteiger partial charge in [-0.3, -0.25) is 9.59 Å². The Hall–Kier alpha value is -2.14. The Labute approximate surface area is 149 Å². The minimum atomic E-state index is -0.0252. The van der Waals surface area contributed by atoms with Gasteiger partial charge in [-0.15, -0.1) is 0 Å². The summed E-state index contributed by atoms with van der Waals surface area (Å²) in [5, 5.41) is 2.97. The highest BCUT2D eigenvalue weighted by Crippen LogP contribution is 2.19. The average Bonchev–Trinajstić information content (AvgIpc) is 3.29. The monoisotopic (exact) mass is 342 g/mol. The second-order valence-corrected chi connectivity index (χ2v) is 6.71. The smallest absolute Gasteiger partial charge is 0.251 e. The van der Waals surface area contributed by atoms with Crippen molar-refractivity contribution in [3.8, 4) is 0 Å². The number of nitrogens with zero attached hydrogens (tertiary/aromatic N) is 1. The van der Waals surface area contributed by atoms with Crippen LogP contribution in [0.4, 0.5) is 0 Å². The molecule has 2 aliphatic rings. The molecule has 134 valence electrons. The summed E-state index contributed by atoms with van der Waals surface area (Å²) in [7, 11) is 0. The van der Waals surface area contributed by atoms with E-state index in [1.54, 1.807) is 24.3 Å². The zero-order valence-electron chi connectivity index (χ0n) is 14.7. The Morgan fingerprint density at radius 2 is 2.00 bits per heavy atom. The van der Waals surface area contributed by atoms with Crippen molar-refractivity contribution in [2.24, 2.45) is 0 Å². The summed E-state index contributed by atoms with van der Waals surface area (Å²) in [6.45, 7) is 4.10. The van der Waals surface area contributed by atoms with Gasteiger partial charge in [0, 0.05) is 37.4 Å². The molecule has 0 unspecified atom stereocenters. The Balaban J connectivity index is 1.54. The van der Waals surface area contributed by atoms with Gasteiger partial charge >= 0.3 is 0 Å². The van der Waals surface area contributed by atoms with Gasteiger partial charge in [0.2, 0.25) is 5.91 Å². The minimum Gasteiger partial charge on any atom is -0.376 e. The van der Waals surface area contributed by atoms with Crippen molar-refractivity contribution in [1.82, 2.24) is 10.2 Å². The Kier molecular flexibility index (Phi) is 5.87. The Morgan fingerprint density at radius 3 is 2.60 bits per heavy atom. The second kappa shape index (κ2) is 8.30. The fourth-order valence-corrected chi connectivity index (χ4v) is 2.92. The van der Waals surface area contributed by atoms with Crippen LogP contribution < -0.4 is 5.32 Å². The van der Waals surface area contributed by atoms with Gasteiger partial charge < -0.3 is 15.0 Å². The van der Waals surface area contributed by atoms with Crippen LogP contribution in [0, 0.1) is 0 Å². The molecule has 5 nitrogen and oxygen atoms in total. The number of benzene rings is 1. The van der Waals surface area contributed by atoms with Crippen molar-refractivity contribution in [2.45, 2.75) is 44.8 Å². The highest BCUT2D eigenvalue weighted by molar-refractivity contribution is 5.95. The highest BCUT2D eigenvalue weighted by atomic mass is 16.5. The van der Waals surface area contributed by atoms with Gasteiger partial charge in [-0.25, -0.2) is 0 Å². The number of hydrogen-bond acceptors (Lipinski definition) is 3. The third-order valence-electron chi connectivity index (χ3n) is 4.65. The lowest BCUT2D eigenvalue weighted by atomic mass is 10.1. The van der Waals surface area contributed by atoms with Crippen molar-refractivity contribution in [2.75, 3.05) is 19.7 Å². The molecular formula is C20H26N2O3. The predicted octanol–water partition coefficient (Wildman–Crippen LogP) is 2.62. The van der Waals surface area contributed by atoms with Gasteiger partial charge in [-0.1, -0.05) is 12.1 Å². The fraction of sp³-hybridized carbons (Fsp3) is 0.500. The van der Waals surface area contributed by atoms with Crippen molar-refractivity contribution in [1.29, 1.82) is 0 Å². The molecule has 0 spiro atoms. The van der Waals surface area contributed by atoms with E-state index in [2.05, 4.69) is 5.32 Å². The van der Waals surface area contributed by atoms with Crippen LogP contribution in [-0.2, 0) is 9.53 Å². The number of likely N-dealkylation sites (N-methyl/N-ethyl adjacent to an activating group) is 1. The molecule has 1 N–H and O–H groups in total. The maximum Gasteiger partial charge on any atom is 0.251 e. The highest BCUT2D eigenvalue weighted by Gasteiger charge is 2.23. The van der Waals surface area contributed by atoms with Crippen molar-refractivity contribution in [3.63, 3.8) is 0 Å². The minimum absolute atomic E-state index is 0.00597. The molecule has 1 aromatic rings. The van der Waals surface area contributed by atoms with E-state index in [1.807, 2.05) is 24.0 Å². The molecule has 1 saturated heterocycles. The summed E-state index contributed by atoms with van der Waals surface area (Å²) < 4.78 is 5.61. The van der Waals surface area contributed by atoms with E-state index in [0.29, 0.717) is 24.7 Å². The van der Waals surface area contributed by atoms with Crippen LogP contribution in [0.1, 0.15) is 48.5 Å². The summed E-state index contributed by atoms with van der Waals surface area (Å²) in [5.74, 6) is -0.0311. The van der Waals surface area contributed by atoms with Gasteiger partial charge in [-0.05, 0) is 56.4 Å². The molecular weight excluding hydrogens is 316 g/mol. The van der Waals surface area contributed by atoms with Crippen LogP contribution in [0.5, 0.6) is 0 Å². The normalized spacial score (nSPS) is 20.0. The molecule has 1 aliphatic heterocycles. The van der Waals surface area contributed by atoms with Crippen molar-refractivity contribution >= 4 is 17.9 Å². The lowest BCUT2D eigenvalue weighted by molar-refractivity contribution is -0.127. The van der Waals surface area contributed by atoms with Crippen molar-refractivity contribution in [3.05, 3.63) is 41.5 Å². The molecule has 25 heavy (non-hydrogen) atoms. The van der Waals surface area contributed by atoms with E-state index in [0.717, 1.165) is 37.9 Å². The van der Waals surface area contributed by atoms with E-state index in [9.17, 15) is 9.59 Å². The first-order valence-corrected chi connectivity index (χ1v) is 9.15. The second-order valence-electron chi connectivity index (χ2n) is 6.71. The number of rotatable bonds is 7. The molecule has 1 atom stereocenters. The number of amides is 2. The third kappa shape index (κ3) is 5.16. The third-order valence-corrected chi connectivity index (χ3v) is 4.65. The van der Waals surface area contributed by atoms with Crippen molar-refractivity contribution < 1.29 is 14.3 Å². The van der Waals surface area contributed by atoms with Crippen LogP contribution in [0.15, 0.2) is 30.3 Å². The molecule has 1 aliphatic carbocycles. The van der Waals surface area contributed by atoms with Gasteiger partial charge in [0.05, 0.1) is 6.10 Å². The van der Waals surface area contributed by atoms with E-state index in [4.69, 9.17) is 4.74 Å². The maximum absolute atomic E-state index is 12.4. The summed E-state index contributed by atoms with van der Waals surface area (Å²) >= 11 is 0. The number of hydrogen-bond donors (Lipinski definition) is 1. The maximum atomic E-state index is 12.4. The molecule has 1 saturated carbocycles. The standard InChI is InChI=1S/C20H26N2O3/c1-2-22(14-18-4-3-13-25-18)19(23)12-7-15-5-8-16(9-6-15)20(24)21-17-10-11-17/h5-9,12,17-18H,2-4,10-11,13-14H2,1H3,(H,21,24)/b12-7-/t18-/m1/s1. The average molecular weight is 342 g/mol. The van der Waals surface area contributed by atoms with Gasteiger partial charge in [-0.2, -0.15) is 0 Å². The van der Waals surface area contributed by atoms with Crippen LogP contribution in [-0.4, -0.2) is 48.6 Å². The molecule has 5 heteroatoms. The number of carbonyl (C=O) groups excluding carboxylic acids is 2. The topological polar surface area (TPSA) is 58.6 Å². The lowest BCUT2D eigenvalue weighted by Gasteiger charge is -2.22. The fourth-order valence-electron chi connectivity index (χ4n) is 2.92. The van der Waals surface area contributed by atoms with E-state index in [-0.39, 0.29) is 17.9 Å². The first kappa shape index (κ1) is 17.7. The number of carbonyl (C=O) groups is 2. The number of ether oxygens (including phenoxy) is 1. The molecule has 2 fully saturated rings. The van der Waals surface area contributed by atoms with Gasteiger partial charge in [0.15, 0.2) is 0 Å². The van der Waals surface area contributed by atoms with E-state index >= 15 is 0 Å². The molecule has 0 radical (unpaired) electrons. The number of nitrogens with one attached hydrogen (secondary N) is 1. The molecule has 1 aromatic carbocycles. The summed E-state index contributed by atoms with van der Waals surface area (Å²) in [4.78, 5) is 26.1. The molecule has 2 amide bonds. The summed E-state index contributed by atoms with van der Waals surface area (Å²) in [6, 6.07) is 7.68. The van der Waals surface area contributed by atoms with E-state index < -0.39 is 0 Å². The summed E-state index contributed by atoms with van der Waals surface area (Å²) in [6.07, 6.45) is 7.82. The van der Waals surface area contributed by atoms with Crippen LogP contribution in [0.2, 0.25) is 0 Å². The first-order valence-electron chi connectivity index (χ1n) is 9.15. The zero-order chi connectivity index (χ0) is 17.6. The Morgan fingerprint density at radius 1 is 1.24 bits per heavy atom. The van der Waals surface area contributed by atoms with Crippen LogP contribution >= 0.6 is 0 Å². The summed E-state index contributed by atoms with van der Waals surface area (Å²) in [5.41, 5.74) is 1.56.